The lowest BCUT2D eigenvalue weighted by molar-refractivity contribution is 0.0169. The van der Waals surface area contributed by atoms with Crippen molar-refractivity contribution < 1.29 is 14.2 Å². The second kappa shape index (κ2) is 13.5. The molecule has 1 aromatic carbocycles. The predicted molar refractivity (Wildman–Crippen MR) is 136 cm³/mol. The topological polar surface area (TPSA) is 85.2 Å². The maximum absolute atomic E-state index is 5.57. The van der Waals surface area contributed by atoms with Crippen LogP contribution in [0.25, 0.3) is 0 Å². The van der Waals surface area contributed by atoms with E-state index in [-0.39, 0.29) is 30.0 Å². The van der Waals surface area contributed by atoms with Gasteiger partial charge in [-0.3, -0.25) is 9.58 Å². The van der Waals surface area contributed by atoms with Crippen LogP contribution in [0.15, 0.2) is 35.6 Å². The van der Waals surface area contributed by atoms with E-state index in [9.17, 15) is 0 Å². The van der Waals surface area contributed by atoms with Gasteiger partial charge in [-0.25, -0.2) is 4.99 Å². The van der Waals surface area contributed by atoms with Gasteiger partial charge in [-0.15, -0.1) is 24.0 Å². The molecule has 0 bridgehead atoms. The van der Waals surface area contributed by atoms with Gasteiger partial charge >= 0.3 is 0 Å². The second-order valence-corrected chi connectivity index (χ2v) is 7.38. The van der Waals surface area contributed by atoms with Crippen molar-refractivity contribution in [3.8, 4) is 11.5 Å². The average molecular weight is 558 g/mol. The zero-order valence-corrected chi connectivity index (χ0v) is 21.7. The average Bonchev–Trinajstić information content (AvgIpc) is 3.23. The summed E-state index contributed by atoms with van der Waals surface area (Å²) in [4.78, 5) is 7.16. The molecule has 1 fully saturated rings. The number of rotatable bonds is 9. The van der Waals surface area contributed by atoms with Crippen LogP contribution in [0.3, 0.4) is 0 Å². The van der Waals surface area contributed by atoms with E-state index in [1.807, 2.05) is 25.5 Å². The molecule has 1 unspecified atom stereocenters. The first-order valence-corrected chi connectivity index (χ1v) is 10.7. The SMILES string of the molecule is CCNC(=NCc1cnn(C)c1)NCC(c1ccc(OC)c(OC)c1)N1CCOCC1.I. The number of aliphatic imine (C=N–C) groups is 1. The van der Waals surface area contributed by atoms with Gasteiger partial charge in [0.05, 0.1) is 46.2 Å². The molecule has 0 saturated carbocycles. The van der Waals surface area contributed by atoms with Crippen molar-refractivity contribution in [3.05, 3.63) is 41.7 Å². The maximum Gasteiger partial charge on any atom is 0.191 e. The fourth-order valence-electron chi connectivity index (χ4n) is 3.67. The Balaban J connectivity index is 0.00000363. The summed E-state index contributed by atoms with van der Waals surface area (Å²) in [6.45, 7) is 7.36. The van der Waals surface area contributed by atoms with E-state index in [1.54, 1.807) is 18.9 Å². The van der Waals surface area contributed by atoms with Crippen molar-refractivity contribution in [1.29, 1.82) is 0 Å². The molecule has 2 N–H and O–H groups in total. The Morgan fingerprint density at radius 2 is 1.94 bits per heavy atom. The van der Waals surface area contributed by atoms with E-state index in [0.29, 0.717) is 13.1 Å². The molecule has 0 radical (unpaired) electrons. The molecule has 1 aliphatic rings. The number of halogens is 1. The highest BCUT2D eigenvalue weighted by Crippen LogP contribution is 2.32. The minimum Gasteiger partial charge on any atom is -0.493 e. The second-order valence-electron chi connectivity index (χ2n) is 7.38. The first-order chi connectivity index (χ1) is 15.1. The molecule has 3 rings (SSSR count). The number of nitrogens with zero attached hydrogens (tertiary/aromatic N) is 4. The number of ether oxygens (including phenoxy) is 3. The zero-order chi connectivity index (χ0) is 22.1. The number of nitrogens with one attached hydrogen (secondary N) is 2. The molecule has 1 aliphatic heterocycles. The van der Waals surface area contributed by atoms with Crippen LogP contribution in [0.2, 0.25) is 0 Å². The number of hydrogen-bond donors (Lipinski definition) is 2. The molecular weight excluding hydrogens is 523 g/mol. The van der Waals surface area contributed by atoms with Crippen LogP contribution in [0.4, 0.5) is 0 Å². The molecule has 1 atom stereocenters. The van der Waals surface area contributed by atoms with Gasteiger partial charge in [0.15, 0.2) is 17.5 Å². The summed E-state index contributed by atoms with van der Waals surface area (Å²) >= 11 is 0. The summed E-state index contributed by atoms with van der Waals surface area (Å²) in [7, 11) is 5.23. The quantitative estimate of drug-likeness (QED) is 0.277. The number of benzene rings is 1. The van der Waals surface area contributed by atoms with E-state index in [0.717, 1.165) is 61.4 Å². The molecule has 0 aliphatic carbocycles. The van der Waals surface area contributed by atoms with Gasteiger partial charge in [0.1, 0.15) is 0 Å². The molecule has 178 valence electrons. The highest BCUT2D eigenvalue weighted by atomic mass is 127. The summed E-state index contributed by atoms with van der Waals surface area (Å²) in [6.07, 6.45) is 3.82. The standard InChI is InChI=1S/C22H34N6O3.HI/c1-5-23-22(24-13-17-14-26-27(2)16-17)25-15-19(28-8-10-31-11-9-28)18-6-7-20(29-3)21(12-18)30-4;/h6-7,12,14,16,19H,5,8-11,13,15H2,1-4H3,(H2,23,24,25);1H. The Labute approximate surface area is 207 Å². The highest BCUT2D eigenvalue weighted by Gasteiger charge is 2.24. The Morgan fingerprint density at radius 3 is 2.56 bits per heavy atom. The number of methoxy groups -OCH3 is 2. The number of aromatic nitrogens is 2. The van der Waals surface area contributed by atoms with Crippen LogP contribution in [-0.2, 0) is 18.3 Å². The van der Waals surface area contributed by atoms with Crippen molar-refractivity contribution >= 4 is 29.9 Å². The summed E-state index contributed by atoms with van der Waals surface area (Å²) < 4.78 is 18.3. The Bertz CT molecular complexity index is 854. The van der Waals surface area contributed by atoms with E-state index < -0.39 is 0 Å². The monoisotopic (exact) mass is 558 g/mol. The molecule has 32 heavy (non-hydrogen) atoms. The lowest BCUT2D eigenvalue weighted by atomic mass is 10.0. The van der Waals surface area contributed by atoms with E-state index >= 15 is 0 Å². The molecular formula is C22H35IN6O3. The highest BCUT2D eigenvalue weighted by molar-refractivity contribution is 14.0. The van der Waals surface area contributed by atoms with Gasteiger partial charge in [-0.2, -0.15) is 5.10 Å². The minimum absolute atomic E-state index is 0. The third kappa shape index (κ3) is 7.24. The largest absolute Gasteiger partial charge is 0.493 e. The first-order valence-electron chi connectivity index (χ1n) is 10.7. The zero-order valence-electron chi connectivity index (χ0n) is 19.3. The maximum atomic E-state index is 5.57. The number of hydrogen-bond acceptors (Lipinski definition) is 6. The van der Waals surface area contributed by atoms with Gasteiger partial charge in [0, 0.05) is 45.0 Å². The van der Waals surface area contributed by atoms with Crippen LogP contribution in [0.1, 0.15) is 24.1 Å². The minimum atomic E-state index is 0. The van der Waals surface area contributed by atoms with E-state index in [1.165, 1.54) is 0 Å². The molecule has 2 heterocycles. The van der Waals surface area contributed by atoms with Crippen molar-refractivity contribution in [3.63, 3.8) is 0 Å². The van der Waals surface area contributed by atoms with Crippen LogP contribution < -0.4 is 20.1 Å². The van der Waals surface area contributed by atoms with Gasteiger partial charge in [0.2, 0.25) is 0 Å². The molecule has 1 aromatic heterocycles. The third-order valence-corrected chi connectivity index (χ3v) is 5.26. The molecule has 1 saturated heterocycles. The van der Waals surface area contributed by atoms with Gasteiger partial charge in [0.25, 0.3) is 0 Å². The summed E-state index contributed by atoms with van der Waals surface area (Å²) in [5.74, 6) is 2.24. The van der Waals surface area contributed by atoms with Crippen LogP contribution in [-0.4, -0.2) is 74.3 Å². The summed E-state index contributed by atoms with van der Waals surface area (Å²) in [5, 5.41) is 11.1. The van der Waals surface area contributed by atoms with Crippen LogP contribution in [0.5, 0.6) is 11.5 Å². The number of guanidine groups is 1. The van der Waals surface area contributed by atoms with Crippen molar-refractivity contribution in [2.24, 2.45) is 12.0 Å². The van der Waals surface area contributed by atoms with Crippen molar-refractivity contribution in [2.75, 3.05) is 53.6 Å². The number of aryl methyl sites for hydroxylation is 1. The number of morpholine rings is 1. The predicted octanol–water partition coefficient (Wildman–Crippen LogP) is 2.18. The fraction of sp³-hybridized carbons (Fsp3) is 0.545. The molecule has 2 aromatic rings. The van der Waals surface area contributed by atoms with Crippen LogP contribution in [0, 0.1) is 0 Å². The Kier molecular flexibility index (Phi) is 11.0. The Hall–Kier alpha value is -2.05. The first kappa shape index (κ1) is 26.2. The van der Waals surface area contributed by atoms with Gasteiger partial charge in [-0.1, -0.05) is 6.07 Å². The molecule has 9 nitrogen and oxygen atoms in total. The van der Waals surface area contributed by atoms with Crippen molar-refractivity contribution in [1.82, 2.24) is 25.3 Å². The summed E-state index contributed by atoms with van der Waals surface area (Å²) in [5.41, 5.74) is 2.24. The molecule has 10 heteroatoms. The lowest BCUT2D eigenvalue weighted by Crippen LogP contribution is -2.46. The fourth-order valence-corrected chi connectivity index (χ4v) is 3.67. The Morgan fingerprint density at radius 1 is 1.19 bits per heavy atom. The molecule has 0 spiro atoms. The van der Waals surface area contributed by atoms with E-state index in [2.05, 4.69) is 39.7 Å². The van der Waals surface area contributed by atoms with Crippen LogP contribution >= 0.6 is 24.0 Å². The lowest BCUT2D eigenvalue weighted by Gasteiger charge is -2.35. The normalized spacial score (nSPS) is 15.6. The summed E-state index contributed by atoms with van der Waals surface area (Å²) in [6, 6.07) is 6.26. The third-order valence-electron chi connectivity index (χ3n) is 5.26. The molecule has 0 amide bonds. The van der Waals surface area contributed by atoms with Crippen molar-refractivity contribution in [2.45, 2.75) is 19.5 Å². The van der Waals surface area contributed by atoms with Gasteiger partial charge < -0.3 is 24.8 Å². The van der Waals surface area contributed by atoms with E-state index in [4.69, 9.17) is 19.2 Å². The smallest absolute Gasteiger partial charge is 0.191 e. The van der Waals surface area contributed by atoms with Gasteiger partial charge in [-0.05, 0) is 24.6 Å².